The van der Waals surface area contributed by atoms with Gasteiger partial charge in [0.1, 0.15) is 18.3 Å². The molecule has 78 valence electrons. The number of rotatable bonds is 2. The second kappa shape index (κ2) is 4.34. The fourth-order valence-corrected chi connectivity index (χ4v) is 1.45. The quantitative estimate of drug-likeness (QED) is 0.515. The van der Waals surface area contributed by atoms with E-state index in [1.807, 2.05) is 6.92 Å². The van der Waals surface area contributed by atoms with Crippen LogP contribution < -0.4 is 0 Å². The number of hydrogen-bond donors (Lipinski definition) is 3. The molecular formula is C8H16O5. The molecule has 2 unspecified atom stereocenters. The molecule has 0 aromatic carbocycles. The summed E-state index contributed by atoms with van der Waals surface area (Å²) in [6.45, 7) is 1.82. The first-order chi connectivity index (χ1) is 6.11. The van der Waals surface area contributed by atoms with E-state index in [-0.39, 0.29) is 0 Å². The molecule has 1 aliphatic heterocycles. The first kappa shape index (κ1) is 10.9. The van der Waals surface area contributed by atoms with Crippen molar-refractivity contribution < 1.29 is 24.8 Å². The summed E-state index contributed by atoms with van der Waals surface area (Å²) in [5, 5.41) is 28.2. The molecule has 0 aromatic rings. The Hall–Kier alpha value is -0.200. The van der Waals surface area contributed by atoms with Crippen LogP contribution in [0.1, 0.15) is 13.3 Å². The van der Waals surface area contributed by atoms with Crippen LogP contribution in [0.3, 0.4) is 0 Å². The van der Waals surface area contributed by atoms with E-state index in [0.717, 1.165) is 0 Å². The fourth-order valence-electron chi connectivity index (χ4n) is 1.45. The third-order valence-corrected chi connectivity index (χ3v) is 2.30. The van der Waals surface area contributed by atoms with Gasteiger partial charge in [0.15, 0.2) is 6.29 Å². The second-order valence-corrected chi connectivity index (χ2v) is 3.16. The van der Waals surface area contributed by atoms with E-state index in [4.69, 9.17) is 9.47 Å². The summed E-state index contributed by atoms with van der Waals surface area (Å²) in [6, 6.07) is 0. The molecule has 5 heteroatoms. The lowest BCUT2D eigenvalue weighted by atomic mass is 9.97. The van der Waals surface area contributed by atoms with Crippen LogP contribution >= 0.6 is 0 Å². The Morgan fingerprint density at radius 1 is 1.15 bits per heavy atom. The van der Waals surface area contributed by atoms with Crippen LogP contribution in [0.2, 0.25) is 0 Å². The number of methoxy groups -OCH3 is 1. The molecule has 1 fully saturated rings. The van der Waals surface area contributed by atoms with Gasteiger partial charge in [0, 0.05) is 7.11 Å². The van der Waals surface area contributed by atoms with Crippen molar-refractivity contribution in [3.05, 3.63) is 0 Å². The average molecular weight is 192 g/mol. The van der Waals surface area contributed by atoms with Crippen molar-refractivity contribution in [1.29, 1.82) is 0 Å². The Balaban J connectivity index is 2.66. The minimum absolute atomic E-state index is 0.483. The van der Waals surface area contributed by atoms with Crippen molar-refractivity contribution in [3.63, 3.8) is 0 Å². The molecule has 0 spiro atoms. The summed E-state index contributed by atoms with van der Waals surface area (Å²) >= 11 is 0. The van der Waals surface area contributed by atoms with Crippen molar-refractivity contribution in [2.75, 3.05) is 7.11 Å². The van der Waals surface area contributed by atoms with Gasteiger partial charge in [-0.3, -0.25) is 0 Å². The fraction of sp³-hybridized carbons (Fsp3) is 1.00. The lowest BCUT2D eigenvalue weighted by Crippen LogP contribution is -2.57. The first-order valence-electron chi connectivity index (χ1n) is 4.34. The Morgan fingerprint density at radius 2 is 1.77 bits per heavy atom. The predicted molar refractivity (Wildman–Crippen MR) is 44.0 cm³/mol. The standard InChI is InChI=1S/C8H16O5/c1-3-4-5(9)6(10)7(11)8(12-2)13-4/h4-11H,3H2,1-2H3/t4?,5-,6?,7+,8+/m0/s1. The minimum atomic E-state index is -1.20. The minimum Gasteiger partial charge on any atom is -0.388 e. The van der Waals surface area contributed by atoms with E-state index in [2.05, 4.69) is 0 Å². The van der Waals surface area contributed by atoms with Crippen LogP contribution in [0.25, 0.3) is 0 Å². The number of aliphatic hydroxyl groups excluding tert-OH is 3. The topological polar surface area (TPSA) is 79.2 Å². The normalized spacial score (nSPS) is 46.4. The average Bonchev–Trinajstić information content (AvgIpc) is 2.15. The predicted octanol–water partition coefficient (Wildman–Crippen LogP) is -1.15. The maximum atomic E-state index is 9.43. The van der Waals surface area contributed by atoms with Gasteiger partial charge in [0.05, 0.1) is 6.10 Å². The molecule has 1 heterocycles. The van der Waals surface area contributed by atoms with E-state index < -0.39 is 30.7 Å². The van der Waals surface area contributed by atoms with Gasteiger partial charge in [-0.25, -0.2) is 0 Å². The van der Waals surface area contributed by atoms with Crippen molar-refractivity contribution >= 4 is 0 Å². The molecule has 1 rings (SSSR count). The Bertz CT molecular complexity index is 143. The lowest BCUT2D eigenvalue weighted by molar-refractivity contribution is -0.290. The molecule has 5 atom stereocenters. The van der Waals surface area contributed by atoms with Gasteiger partial charge in [0.25, 0.3) is 0 Å². The van der Waals surface area contributed by atoms with Crippen molar-refractivity contribution in [2.24, 2.45) is 0 Å². The highest BCUT2D eigenvalue weighted by Gasteiger charge is 2.42. The highest BCUT2D eigenvalue weighted by molar-refractivity contribution is 4.88. The van der Waals surface area contributed by atoms with Crippen molar-refractivity contribution in [2.45, 2.75) is 44.1 Å². The smallest absolute Gasteiger partial charge is 0.186 e. The van der Waals surface area contributed by atoms with Gasteiger partial charge in [-0.2, -0.15) is 0 Å². The van der Waals surface area contributed by atoms with Gasteiger partial charge in [-0.05, 0) is 6.42 Å². The molecule has 5 nitrogen and oxygen atoms in total. The number of aliphatic hydroxyl groups is 3. The lowest BCUT2D eigenvalue weighted by Gasteiger charge is -2.39. The highest BCUT2D eigenvalue weighted by atomic mass is 16.7. The highest BCUT2D eigenvalue weighted by Crippen LogP contribution is 2.23. The van der Waals surface area contributed by atoms with Crippen LogP contribution in [0.4, 0.5) is 0 Å². The Labute approximate surface area is 76.9 Å². The van der Waals surface area contributed by atoms with E-state index in [0.29, 0.717) is 6.42 Å². The molecule has 0 amide bonds. The second-order valence-electron chi connectivity index (χ2n) is 3.16. The zero-order valence-electron chi connectivity index (χ0n) is 7.75. The molecule has 0 aliphatic carbocycles. The molecule has 0 radical (unpaired) electrons. The van der Waals surface area contributed by atoms with Gasteiger partial charge in [0.2, 0.25) is 0 Å². The zero-order chi connectivity index (χ0) is 10.0. The molecule has 13 heavy (non-hydrogen) atoms. The molecule has 3 N–H and O–H groups in total. The van der Waals surface area contributed by atoms with E-state index in [1.165, 1.54) is 7.11 Å². The molecule has 1 aliphatic rings. The molecule has 0 aromatic heterocycles. The van der Waals surface area contributed by atoms with Crippen LogP contribution in [-0.2, 0) is 9.47 Å². The summed E-state index contributed by atoms with van der Waals surface area (Å²) < 4.78 is 10.0. The van der Waals surface area contributed by atoms with Crippen LogP contribution in [-0.4, -0.2) is 53.1 Å². The first-order valence-corrected chi connectivity index (χ1v) is 4.34. The van der Waals surface area contributed by atoms with Crippen LogP contribution in [0.15, 0.2) is 0 Å². The van der Waals surface area contributed by atoms with Gasteiger partial charge in [-0.1, -0.05) is 6.92 Å². The van der Waals surface area contributed by atoms with E-state index >= 15 is 0 Å². The molecule has 0 saturated carbocycles. The monoisotopic (exact) mass is 192 g/mol. The zero-order valence-corrected chi connectivity index (χ0v) is 7.75. The maximum Gasteiger partial charge on any atom is 0.186 e. The summed E-state index contributed by atoms with van der Waals surface area (Å²) in [5.41, 5.74) is 0. The van der Waals surface area contributed by atoms with Crippen LogP contribution in [0, 0.1) is 0 Å². The number of ether oxygens (including phenoxy) is 2. The summed E-state index contributed by atoms with van der Waals surface area (Å²) in [4.78, 5) is 0. The van der Waals surface area contributed by atoms with Gasteiger partial charge >= 0.3 is 0 Å². The van der Waals surface area contributed by atoms with Crippen molar-refractivity contribution in [3.8, 4) is 0 Å². The summed E-state index contributed by atoms with van der Waals surface area (Å²) in [6.07, 6.45) is -4.23. The maximum absolute atomic E-state index is 9.43. The third-order valence-electron chi connectivity index (χ3n) is 2.30. The van der Waals surface area contributed by atoms with Crippen molar-refractivity contribution in [1.82, 2.24) is 0 Å². The van der Waals surface area contributed by atoms with E-state index in [1.54, 1.807) is 0 Å². The molecule has 0 bridgehead atoms. The summed E-state index contributed by atoms with van der Waals surface area (Å²) in [7, 11) is 1.38. The van der Waals surface area contributed by atoms with Crippen LogP contribution in [0.5, 0.6) is 0 Å². The van der Waals surface area contributed by atoms with Gasteiger partial charge < -0.3 is 24.8 Å². The largest absolute Gasteiger partial charge is 0.388 e. The molecular weight excluding hydrogens is 176 g/mol. The molecule has 1 saturated heterocycles. The Kier molecular flexibility index (Phi) is 3.63. The van der Waals surface area contributed by atoms with Gasteiger partial charge in [-0.15, -0.1) is 0 Å². The Morgan fingerprint density at radius 3 is 2.23 bits per heavy atom. The SMILES string of the molecule is CCC1O[C@@H](OC)[C@H](O)C(O)[C@H]1O. The number of hydrogen-bond acceptors (Lipinski definition) is 5. The van der Waals surface area contributed by atoms with E-state index in [9.17, 15) is 15.3 Å². The third kappa shape index (κ3) is 2.00. The summed E-state index contributed by atoms with van der Waals surface area (Å²) in [5.74, 6) is 0.